The predicted octanol–water partition coefficient (Wildman–Crippen LogP) is 2.26. The lowest BCUT2D eigenvalue weighted by Gasteiger charge is -2.29. The summed E-state index contributed by atoms with van der Waals surface area (Å²) < 4.78 is 0. The molecule has 0 aliphatic rings. The Labute approximate surface area is 79.9 Å². The molecular formula is C9H18ClNO. The van der Waals surface area contributed by atoms with E-state index >= 15 is 0 Å². The zero-order valence-corrected chi connectivity index (χ0v) is 9.06. The number of halogens is 1. The first-order chi connectivity index (χ1) is 5.45. The maximum Gasteiger partial charge on any atom is 0.222 e. The molecule has 0 atom stereocenters. The van der Waals surface area contributed by atoms with Gasteiger partial charge in [0.2, 0.25) is 5.24 Å². The summed E-state index contributed by atoms with van der Waals surface area (Å²) in [5.74, 6) is 0. The molecule has 0 radical (unpaired) electrons. The molecule has 0 aromatic heterocycles. The summed E-state index contributed by atoms with van der Waals surface area (Å²) >= 11 is 5.27. The molecule has 0 aromatic rings. The van der Waals surface area contributed by atoms with Crippen molar-refractivity contribution in [2.45, 2.75) is 46.2 Å². The summed E-state index contributed by atoms with van der Waals surface area (Å²) in [5, 5.41) is -0.249. The van der Waals surface area contributed by atoms with Gasteiger partial charge in [0.15, 0.2) is 0 Å². The van der Waals surface area contributed by atoms with Crippen molar-refractivity contribution in [2.75, 3.05) is 6.54 Å². The molecule has 12 heavy (non-hydrogen) atoms. The monoisotopic (exact) mass is 191 g/mol. The van der Waals surface area contributed by atoms with E-state index in [0.717, 1.165) is 6.54 Å². The van der Waals surface area contributed by atoms with Crippen molar-refractivity contribution in [3.63, 3.8) is 0 Å². The molecule has 3 heteroatoms. The standard InChI is InChI=1S/C9H18ClNO/c1-7(2)11(8(3)4)6-5-9(10)12/h7-8H,5-6H2,1-4H3. The van der Waals surface area contributed by atoms with Crippen LogP contribution in [0.2, 0.25) is 0 Å². The topological polar surface area (TPSA) is 20.3 Å². The Hall–Kier alpha value is -0.0800. The maximum absolute atomic E-state index is 10.5. The molecule has 2 nitrogen and oxygen atoms in total. The molecule has 0 spiro atoms. The molecule has 0 saturated heterocycles. The number of carbonyl (C=O) groups excluding carboxylic acids is 1. The van der Waals surface area contributed by atoms with E-state index in [2.05, 4.69) is 32.6 Å². The zero-order valence-electron chi connectivity index (χ0n) is 8.30. The average Bonchev–Trinajstić information content (AvgIpc) is 1.84. The van der Waals surface area contributed by atoms with Crippen LogP contribution in [0.3, 0.4) is 0 Å². The molecule has 0 rings (SSSR count). The third-order valence-corrected chi connectivity index (χ3v) is 2.08. The fraction of sp³-hybridized carbons (Fsp3) is 0.889. The number of carbonyl (C=O) groups is 1. The fourth-order valence-electron chi connectivity index (χ4n) is 1.33. The van der Waals surface area contributed by atoms with Crippen LogP contribution in [0, 0.1) is 0 Å². The van der Waals surface area contributed by atoms with Gasteiger partial charge < -0.3 is 0 Å². The lowest BCUT2D eigenvalue weighted by Crippen LogP contribution is -2.38. The van der Waals surface area contributed by atoms with Crippen LogP contribution in [0.5, 0.6) is 0 Å². The third-order valence-electron chi connectivity index (χ3n) is 1.89. The van der Waals surface area contributed by atoms with Crippen LogP contribution in [0.15, 0.2) is 0 Å². The summed E-state index contributed by atoms with van der Waals surface area (Å²) in [6.45, 7) is 9.26. The fourth-order valence-corrected chi connectivity index (χ4v) is 1.41. The van der Waals surface area contributed by atoms with Crippen LogP contribution in [-0.4, -0.2) is 28.8 Å². The van der Waals surface area contributed by atoms with E-state index in [1.807, 2.05) is 0 Å². The van der Waals surface area contributed by atoms with Crippen LogP contribution in [0.4, 0.5) is 0 Å². The molecule has 0 amide bonds. The summed E-state index contributed by atoms with van der Waals surface area (Å²) in [4.78, 5) is 12.8. The van der Waals surface area contributed by atoms with E-state index in [9.17, 15) is 4.79 Å². The molecule has 0 aromatic carbocycles. The second-order valence-corrected chi connectivity index (χ2v) is 3.95. The van der Waals surface area contributed by atoms with Crippen LogP contribution in [0.25, 0.3) is 0 Å². The highest BCUT2D eigenvalue weighted by molar-refractivity contribution is 6.63. The van der Waals surface area contributed by atoms with Gasteiger partial charge in [-0.2, -0.15) is 0 Å². The minimum atomic E-state index is -0.249. The van der Waals surface area contributed by atoms with E-state index in [1.165, 1.54) is 0 Å². The van der Waals surface area contributed by atoms with Crippen LogP contribution in [-0.2, 0) is 4.79 Å². The quantitative estimate of drug-likeness (QED) is 0.622. The first kappa shape index (κ1) is 11.9. The summed E-state index contributed by atoms with van der Waals surface area (Å²) in [6, 6.07) is 0.946. The van der Waals surface area contributed by atoms with Gasteiger partial charge in [0.25, 0.3) is 0 Å². The Morgan fingerprint density at radius 2 is 1.67 bits per heavy atom. The van der Waals surface area contributed by atoms with Gasteiger partial charge in [0.05, 0.1) is 0 Å². The van der Waals surface area contributed by atoms with E-state index in [1.54, 1.807) is 0 Å². The Kier molecular flexibility index (Phi) is 5.51. The average molecular weight is 192 g/mol. The molecule has 0 heterocycles. The highest BCUT2D eigenvalue weighted by atomic mass is 35.5. The van der Waals surface area contributed by atoms with Gasteiger partial charge in [-0.1, -0.05) is 0 Å². The summed E-state index contributed by atoms with van der Waals surface area (Å²) in [6.07, 6.45) is 0.442. The molecular weight excluding hydrogens is 174 g/mol. The van der Waals surface area contributed by atoms with Crippen molar-refractivity contribution in [2.24, 2.45) is 0 Å². The number of hydrogen-bond acceptors (Lipinski definition) is 2. The highest BCUT2D eigenvalue weighted by Crippen LogP contribution is 2.06. The molecule has 72 valence electrons. The zero-order chi connectivity index (χ0) is 9.72. The van der Waals surface area contributed by atoms with Gasteiger partial charge in [-0.05, 0) is 39.3 Å². The molecule has 0 aliphatic heterocycles. The van der Waals surface area contributed by atoms with E-state index in [-0.39, 0.29) is 5.24 Å². The lowest BCUT2D eigenvalue weighted by atomic mass is 10.2. The first-order valence-electron chi connectivity index (χ1n) is 4.39. The molecule has 0 fully saturated rings. The largest absolute Gasteiger partial charge is 0.298 e. The van der Waals surface area contributed by atoms with Gasteiger partial charge in [0.1, 0.15) is 0 Å². The van der Waals surface area contributed by atoms with Crippen molar-refractivity contribution in [3.8, 4) is 0 Å². The summed E-state index contributed by atoms with van der Waals surface area (Å²) in [7, 11) is 0. The van der Waals surface area contributed by atoms with E-state index < -0.39 is 0 Å². The van der Waals surface area contributed by atoms with Crippen LogP contribution in [0.1, 0.15) is 34.1 Å². The molecule has 0 N–H and O–H groups in total. The molecule has 0 saturated carbocycles. The predicted molar refractivity (Wildman–Crippen MR) is 52.5 cm³/mol. The van der Waals surface area contributed by atoms with Gasteiger partial charge in [0, 0.05) is 25.0 Å². The second-order valence-electron chi connectivity index (χ2n) is 3.53. The first-order valence-corrected chi connectivity index (χ1v) is 4.77. The minimum absolute atomic E-state index is 0.249. The summed E-state index contributed by atoms with van der Waals surface area (Å²) in [5.41, 5.74) is 0. The highest BCUT2D eigenvalue weighted by Gasteiger charge is 2.13. The number of rotatable bonds is 5. The van der Waals surface area contributed by atoms with Crippen LogP contribution < -0.4 is 0 Å². The van der Waals surface area contributed by atoms with Crippen molar-refractivity contribution in [1.82, 2.24) is 4.90 Å². The van der Waals surface area contributed by atoms with E-state index in [0.29, 0.717) is 18.5 Å². The van der Waals surface area contributed by atoms with Gasteiger partial charge >= 0.3 is 0 Å². The third kappa shape index (κ3) is 4.73. The number of hydrogen-bond donors (Lipinski definition) is 0. The Morgan fingerprint density at radius 3 is 1.92 bits per heavy atom. The van der Waals surface area contributed by atoms with Crippen molar-refractivity contribution >= 4 is 16.8 Å². The van der Waals surface area contributed by atoms with E-state index in [4.69, 9.17) is 11.6 Å². The van der Waals surface area contributed by atoms with Crippen LogP contribution >= 0.6 is 11.6 Å². The van der Waals surface area contributed by atoms with Gasteiger partial charge in [-0.15, -0.1) is 0 Å². The normalized spacial score (nSPS) is 11.7. The Morgan fingerprint density at radius 1 is 1.25 bits per heavy atom. The molecule has 0 bridgehead atoms. The van der Waals surface area contributed by atoms with Gasteiger partial charge in [-0.3, -0.25) is 9.69 Å². The number of nitrogens with zero attached hydrogens (tertiary/aromatic N) is 1. The maximum atomic E-state index is 10.5. The van der Waals surface area contributed by atoms with Gasteiger partial charge in [-0.25, -0.2) is 0 Å². The van der Waals surface area contributed by atoms with Crippen molar-refractivity contribution in [1.29, 1.82) is 0 Å². The second kappa shape index (κ2) is 5.55. The SMILES string of the molecule is CC(C)N(CCC(=O)Cl)C(C)C. The lowest BCUT2D eigenvalue weighted by molar-refractivity contribution is -0.112. The smallest absolute Gasteiger partial charge is 0.222 e. The van der Waals surface area contributed by atoms with Crippen molar-refractivity contribution in [3.05, 3.63) is 0 Å². The molecule has 0 unspecified atom stereocenters. The molecule has 0 aliphatic carbocycles. The Balaban J connectivity index is 3.88. The van der Waals surface area contributed by atoms with Crippen molar-refractivity contribution < 1.29 is 4.79 Å². The minimum Gasteiger partial charge on any atom is -0.298 e. The Bertz CT molecular complexity index is 137.